The summed E-state index contributed by atoms with van der Waals surface area (Å²) < 4.78 is 0. The van der Waals surface area contributed by atoms with Gasteiger partial charge in [0.05, 0.1) is 16.2 Å². The normalized spacial score (nSPS) is 19.0. The van der Waals surface area contributed by atoms with Gasteiger partial charge in [-0.3, -0.25) is 9.59 Å². The van der Waals surface area contributed by atoms with Crippen LogP contribution in [0.5, 0.6) is 0 Å². The molecular weight excluding hydrogens is 420 g/mol. The number of likely N-dealkylation sites (tertiary alicyclic amines) is 1. The van der Waals surface area contributed by atoms with Crippen LogP contribution in [0.4, 0.5) is 0 Å². The van der Waals surface area contributed by atoms with Gasteiger partial charge < -0.3 is 10.2 Å². The molecule has 6 nitrogen and oxygen atoms in total. The second-order valence-corrected chi connectivity index (χ2v) is 9.72. The predicted octanol–water partition coefficient (Wildman–Crippen LogP) is 4.17. The van der Waals surface area contributed by atoms with E-state index in [1.54, 1.807) is 11.3 Å². The van der Waals surface area contributed by atoms with Gasteiger partial charge in [0.1, 0.15) is 5.69 Å². The fraction of sp³-hybridized carbons (Fsp3) is 0.440. The minimum atomic E-state index is -0.00376. The highest BCUT2D eigenvalue weighted by atomic mass is 32.1. The third-order valence-corrected chi connectivity index (χ3v) is 7.66. The Bertz CT molecular complexity index is 1120. The fourth-order valence-corrected chi connectivity index (χ4v) is 5.45. The molecule has 166 valence electrons. The summed E-state index contributed by atoms with van der Waals surface area (Å²) in [6.07, 6.45) is 5.99. The van der Waals surface area contributed by atoms with Crippen molar-refractivity contribution in [3.05, 3.63) is 58.2 Å². The first-order valence-electron chi connectivity index (χ1n) is 11.5. The van der Waals surface area contributed by atoms with E-state index in [2.05, 4.69) is 15.7 Å². The van der Waals surface area contributed by atoms with Crippen LogP contribution in [0, 0.1) is 5.92 Å². The topological polar surface area (TPSA) is 75.2 Å². The average Bonchev–Trinajstić information content (AvgIpc) is 3.26. The number of pyridine rings is 1. The molecule has 1 aromatic carbocycles. The van der Waals surface area contributed by atoms with Crippen molar-refractivity contribution in [1.29, 1.82) is 0 Å². The Morgan fingerprint density at radius 2 is 1.94 bits per heavy atom. The smallest absolute Gasteiger partial charge is 0.272 e. The third-order valence-electron chi connectivity index (χ3n) is 6.60. The van der Waals surface area contributed by atoms with Crippen molar-refractivity contribution in [1.82, 2.24) is 20.2 Å². The number of amides is 2. The highest BCUT2D eigenvalue weighted by molar-refractivity contribution is 7.09. The molecule has 2 amide bonds. The molecule has 7 heteroatoms. The summed E-state index contributed by atoms with van der Waals surface area (Å²) in [6.45, 7) is 2.08. The third kappa shape index (κ3) is 4.53. The molecule has 5 rings (SSSR count). The number of aromatic nitrogens is 2. The second kappa shape index (κ2) is 9.36. The number of carbonyl (C=O) groups excluding carboxylic acids is 2. The van der Waals surface area contributed by atoms with Crippen LogP contribution >= 0.6 is 11.3 Å². The van der Waals surface area contributed by atoms with E-state index in [0.717, 1.165) is 60.3 Å². The lowest BCUT2D eigenvalue weighted by Crippen LogP contribution is -2.39. The molecular formula is C25H28N4O2S. The maximum atomic E-state index is 13.1. The van der Waals surface area contributed by atoms with Gasteiger partial charge in [-0.15, -0.1) is 11.3 Å². The van der Waals surface area contributed by atoms with Crippen LogP contribution in [0.25, 0.3) is 10.9 Å². The molecule has 0 spiro atoms. The van der Waals surface area contributed by atoms with Crippen molar-refractivity contribution in [2.45, 2.75) is 44.4 Å². The zero-order chi connectivity index (χ0) is 21.9. The molecule has 1 saturated carbocycles. The Kier molecular flexibility index (Phi) is 6.17. The zero-order valence-electron chi connectivity index (χ0n) is 18.1. The van der Waals surface area contributed by atoms with E-state index in [0.29, 0.717) is 18.8 Å². The number of fused-ring (bicyclic) bond motifs is 1. The van der Waals surface area contributed by atoms with E-state index in [1.807, 2.05) is 41.3 Å². The zero-order valence-corrected chi connectivity index (χ0v) is 18.9. The largest absolute Gasteiger partial charge is 0.355 e. The van der Waals surface area contributed by atoms with Gasteiger partial charge in [-0.05, 0) is 37.8 Å². The number of piperidine rings is 1. The van der Waals surface area contributed by atoms with Crippen molar-refractivity contribution in [3.63, 3.8) is 0 Å². The average molecular weight is 449 g/mol. The quantitative estimate of drug-likeness (QED) is 0.614. The van der Waals surface area contributed by atoms with Crippen molar-refractivity contribution < 1.29 is 9.59 Å². The molecule has 1 aliphatic carbocycles. The SMILES string of the molecule is O=C(NCCc1csc(C2CCCN(C(=O)c3ccc4ccccc4n3)C2)n1)C1CCC1. The van der Waals surface area contributed by atoms with Gasteiger partial charge in [-0.1, -0.05) is 30.7 Å². The Hall–Kier alpha value is -2.80. The van der Waals surface area contributed by atoms with E-state index in [1.165, 1.54) is 6.42 Å². The molecule has 2 aliphatic rings. The highest BCUT2D eigenvalue weighted by Crippen LogP contribution is 2.30. The number of benzene rings is 1. The van der Waals surface area contributed by atoms with E-state index in [-0.39, 0.29) is 23.7 Å². The lowest BCUT2D eigenvalue weighted by molar-refractivity contribution is -0.127. The summed E-state index contributed by atoms with van der Waals surface area (Å²) in [5, 5.41) is 7.27. The molecule has 1 unspecified atom stereocenters. The van der Waals surface area contributed by atoms with Gasteiger partial charge in [-0.25, -0.2) is 9.97 Å². The summed E-state index contributed by atoms with van der Waals surface area (Å²) in [4.78, 5) is 36.4. The van der Waals surface area contributed by atoms with Crippen molar-refractivity contribution in [2.75, 3.05) is 19.6 Å². The number of nitrogens with one attached hydrogen (secondary N) is 1. The Labute approximate surface area is 192 Å². The Balaban J connectivity index is 1.19. The van der Waals surface area contributed by atoms with Crippen LogP contribution in [0.3, 0.4) is 0 Å². The van der Waals surface area contributed by atoms with Crippen molar-refractivity contribution in [3.8, 4) is 0 Å². The number of rotatable bonds is 6. The number of para-hydroxylation sites is 1. The molecule has 2 aromatic heterocycles. The highest BCUT2D eigenvalue weighted by Gasteiger charge is 2.28. The molecule has 0 bridgehead atoms. The first-order chi connectivity index (χ1) is 15.7. The molecule has 1 saturated heterocycles. The summed E-state index contributed by atoms with van der Waals surface area (Å²) in [5.41, 5.74) is 2.38. The molecule has 2 fully saturated rings. The van der Waals surface area contributed by atoms with Crippen molar-refractivity contribution >= 4 is 34.1 Å². The number of hydrogen-bond donors (Lipinski definition) is 1. The maximum absolute atomic E-state index is 13.1. The van der Waals surface area contributed by atoms with E-state index in [4.69, 9.17) is 4.98 Å². The second-order valence-electron chi connectivity index (χ2n) is 8.83. The molecule has 32 heavy (non-hydrogen) atoms. The lowest BCUT2D eigenvalue weighted by Gasteiger charge is -2.31. The van der Waals surface area contributed by atoms with Crippen LogP contribution < -0.4 is 5.32 Å². The van der Waals surface area contributed by atoms with E-state index >= 15 is 0 Å². The van der Waals surface area contributed by atoms with Crippen LogP contribution in [-0.2, 0) is 11.2 Å². The first kappa shape index (κ1) is 21.1. The Morgan fingerprint density at radius 3 is 2.78 bits per heavy atom. The van der Waals surface area contributed by atoms with Crippen LogP contribution in [0.1, 0.15) is 59.2 Å². The summed E-state index contributed by atoms with van der Waals surface area (Å²) in [6, 6.07) is 11.7. The summed E-state index contributed by atoms with van der Waals surface area (Å²) >= 11 is 1.67. The first-order valence-corrected chi connectivity index (χ1v) is 12.4. The molecule has 0 radical (unpaired) electrons. The van der Waals surface area contributed by atoms with Gasteiger partial charge in [0.2, 0.25) is 5.91 Å². The maximum Gasteiger partial charge on any atom is 0.272 e. The van der Waals surface area contributed by atoms with Crippen LogP contribution in [-0.4, -0.2) is 46.3 Å². The Morgan fingerprint density at radius 1 is 1.06 bits per heavy atom. The molecule has 1 atom stereocenters. The minimum absolute atomic E-state index is 0.00376. The number of carbonyl (C=O) groups is 2. The minimum Gasteiger partial charge on any atom is -0.355 e. The molecule has 3 aromatic rings. The van der Waals surface area contributed by atoms with Gasteiger partial charge in [0.25, 0.3) is 5.91 Å². The summed E-state index contributed by atoms with van der Waals surface area (Å²) in [5.74, 6) is 0.673. The molecule has 1 aliphatic heterocycles. The van der Waals surface area contributed by atoms with Gasteiger partial charge in [0, 0.05) is 48.7 Å². The predicted molar refractivity (Wildman–Crippen MR) is 126 cm³/mol. The number of hydrogen-bond acceptors (Lipinski definition) is 5. The van der Waals surface area contributed by atoms with E-state index < -0.39 is 0 Å². The van der Waals surface area contributed by atoms with Gasteiger partial charge in [0.15, 0.2) is 0 Å². The standard InChI is InChI=1S/C25H28N4O2S/c30-23(18-6-3-7-18)26-13-12-20-16-32-24(27-20)19-8-4-14-29(15-19)25(31)22-11-10-17-5-1-2-9-21(17)28-22/h1-2,5,9-11,16,18-19H,3-4,6-8,12-15H2,(H,26,30). The van der Waals surface area contributed by atoms with Crippen molar-refractivity contribution in [2.24, 2.45) is 5.92 Å². The van der Waals surface area contributed by atoms with Gasteiger partial charge in [-0.2, -0.15) is 0 Å². The van der Waals surface area contributed by atoms with E-state index in [9.17, 15) is 9.59 Å². The van der Waals surface area contributed by atoms with Gasteiger partial charge >= 0.3 is 0 Å². The lowest BCUT2D eigenvalue weighted by atomic mass is 9.85. The van der Waals surface area contributed by atoms with Crippen LogP contribution in [0.15, 0.2) is 41.8 Å². The number of nitrogens with zero attached hydrogens (tertiary/aromatic N) is 3. The molecule has 1 N–H and O–H groups in total. The monoisotopic (exact) mass is 448 g/mol. The molecule has 3 heterocycles. The summed E-state index contributed by atoms with van der Waals surface area (Å²) in [7, 11) is 0. The van der Waals surface area contributed by atoms with Crippen LogP contribution in [0.2, 0.25) is 0 Å². The number of thiazole rings is 1. The fourth-order valence-electron chi connectivity index (χ4n) is 4.46.